The Morgan fingerprint density at radius 1 is 1.35 bits per heavy atom. The molecule has 0 saturated heterocycles. The number of amides is 1. The molecular weight excluding hydrogens is 238 g/mol. The van der Waals surface area contributed by atoms with Crippen LogP contribution >= 0.6 is 11.6 Å². The van der Waals surface area contributed by atoms with Crippen molar-refractivity contribution in [3.63, 3.8) is 0 Å². The standard InChI is InChI=1S/C13H18ClNO2/c1-3-5-13(16)15-11-9-10(14)6-7-12(11)17-8-4-2/h6-7,9H,3-5,8H2,1-2H3,(H,15,16). The maximum atomic E-state index is 11.5. The highest BCUT2D eigenvalue weighted by Crippen LogP contribution is 2.28. The van der Waals surface area contributed by atoms with Gasteiger partial charge < -0.3 is 10.1 Å². The number of rotatable bonds is 6. The predicted octanol–water partition coefficient (Wildman–Crippen LogP) is 3.87. The van der Waals surface area contributed by atoms with Crippen molar-refractivity contribution in [2.45, 2.75) is 33.1 Å². The maximum absolute atomic E-state index is 11.5. The lowest BCUT2D eigenvalue weighted by atomic mass is 10.2. The summed E-state index contributed by atoms with van der Waals surface area (Å²) in [7, 11) is 0. The van der Waals surface area contributed by atoms with E-state index < -0.39 is 0 Å². The van der Waals surface area contributed by atoms with E-state index in [1.807, 2.05) is 13.8 Å². The molecule has 0 aromatic heterocycles. The number of hydrogen-bond donors (Lipinski definition) is 1. The number of halogens is 1. The van der Waals surface area contributed by atoms with Crippen molar-refractivity contribution < 1.29 is 9.53 Å². The van der Waals surface area contributed by atoms with E-state index in [0.717, 1.165) is 12.8 Å². The molecule has 0 spiro atoms. The second kappa shape index (κ2) is 7.17. The quantitative estimate of drug-likeness (QED) is 0.838. The fraction of sp³-hybridized carbons (Fsp3) is 0.462. The first-order chi connectivity index (χ1) is 8.17. The van der Waals surface area contributed by atoms with Crippen LogP contribution in [-0.2, 0) is 4.79 Å². The largest absolute Gasteiger partial charge is 0.491 e. The molecule has 17 heavy (non-hydrogen) atoms. The summed E-state index contributed by atoms with van der Waals surface area (Å²) >= 11 is 5.90. The number of anilines is 1. The molecule has 4 heteroatoms. The van der Waals surface area contributed by atoms with Crippen LogP contribution in [0.2, 0.25) is 5.02 Å². The normalized spacial score (nSPS) is 10.1. The Morgan fingerprint density at radius 3 is 2.76 bits per heavy atom. The number of nitrogens with one attached hydrogen (secondary N) is 1. The lowest BCUT2D eigenvalue weighted by molar-refractivity contribution is -0.116. The maximum Gasteiger partial charge on any atom is 0.224 e. The van der Waals surface area contributed by atoms with E-state index in [0.29, 0.717) is 29.5 Å². The summed E-state index contributed by atoms with van der Waals surface area (Å²) in [6, 6.07) is 5.24. The van der Waals surface area contributed by atoms with E-state index in [2.05, 4.69) is 5.32 Å². The summed E-state index contributed by atoms with van der Waals surface area (Å²) in [5.41, 5.74) is 0.643. The molecule has 1 rings (SSSR count). The smallest absolute Gasteiger partial charge is 0.224 e. The monoisotopic (exact) mass is 255 g/mol. The van der Waals surface area contributed by atoms with Gasteiger partial charge in [0.15, 0.2) is 0 Å². The van der Waals surface area contributed by atoms with Gasteiger partial charge in [0, 0.05) is 11.4 Å². The van der Waals surface area contributed by atoms with E-state index in [4.69, 9.17) is 16.3 Å². The van der Waals surface area contributed by atoms with Crippen LogP contribution in [0.25, 0.3) is 0 Å². The number of benzene rings is 1. The molecule has 94 valence electrons. The van der Waals surface area contributed by atoms with Crippen LogP contribution in [0.5, 0.6) is 5.75 Å². The molecule has 1 aromatic carbocycles. The topological polar surface area (TPSA) is 38.3 Å². The summed E-state index contributed by atoms with van der Waals surface area (Å²) in [6.45, 7) is 4.62. The van der Waals surface area contributed by atoms with E-state index >= 15 is 0 Å². The third-order valence-corrected chi connectivity index (χ3v) is 2.39. The molecule has 0 fully saturated rings. The number of carbonyl (C=O) groups excluding carboxylic acids is 1. The van der Waals surface area contributed by atoms with Crippen LogP contribution in [0.3, 0.4) is 0 Å². The molecule has 1 N–H and O–H groups in total. The van der Waals surface area contributed by atoms with Crippen LogP contribution in [0.1, 0.15) is 33.1 Å². The molecular formula is C13H18ClNO2. The second-order valence-electron chi connectivity index (χ2n) is 3.79. The van der Waals surface area contributed by atoms with Crippen LogP contribution in [0.15, 0.2) is 18.2 Å². The zero-order chi connectivity index (χ0) is 12.7. The Bertz CT molecular complexity index is 380. The third kappa shape index (κ3) is 4.65. The average Bonchev–Trinajstić information content (AvgIpc) is 2.28. The average molecular weight is 256 g/mol. The van der Waals surface area contributed by atoms with Gasteiger partial charge in [-0.3, -0.25) is 4.79 Å². The van der Waals surface area contributed by atoms with Gasteiger partial charge in [0.2, 0.25) is 5.91 Å². The Kier molecular flexibility index (Phi) is 5.84. The summed E-state index contributed by atoms with van der Waals surface area (Å²) in [4.78, 5) is 11.5. The molecule has 0 aliphatic heterocycles. The van der Waals surface area contributed by atoms with E-state index in [1.165, 1.54) is 0 Å². The lowest BCUT2D eigenvalue weighted by Crippen LogP contribution is -2.12. The highest BCUT2D eigenvalue weighted by molar-refractivity contribution is 6.31. The van der Waals surface area contributed by atoms with E-state index in [1.54, 1.807) is 18.2 Å². The summed E-state index contributed by atoms with van der Waals surface area (Å²) in [6.07, 6.45) is 2.24. The Balaban J connectivity index is 2.79. The van der Waals surface area contributed by atoms with E-state index in [-0.39, 0.29) is 5.91 Å². The minimum absolute atomic E-state index is 0.0175. The van der Waals surface area contributed by atoms with Gasteiger partial charge in [0.1, 0.15) is 5.75 Å². The fourth-order valence-corrected chi connectivity index (χ4v) is 1.55. The minimum Gasteiger partial charge on any atom is -0.491 e. The van der Waals surface area contributed by atoms with Crippen molar-refractivity contribution >= 4 is 23.2 Å². The van der Waals surface area contributed by atoms with Gasteiger partial charge >= 0.3 is 0 Å². The van der Waals surface area contributed by atoms with Crippen molar-refractivity contribution in [3.8, 4) is 5.75 Å². The molecule has 0 aliphatic rings. The summed E-state index contributed by atoms with van der Waals surface area (Å²) in [5, 5.41) is 3.40. The van der Waals surface area contributed by atoms with Crippen LogP contribution in [-0.4, -0.2) is 12.5 Å². The summed E-state index contributed by atoms with van der Waals surface area (Å²) < 4.78 is 5.55. The molecule has 0 unspecified atom stereocenters. The molecule has 0 heterocycles. The fourth-order valence-electron chi connectivity index (χ4n) is 1.38. The van der Waals surface area contributed by atoms with Crippen molar-refractivity contribution in [3.05, 3.63) is 23.2 Å². The SMILES string of the molecule is CCCOc1ccc(Cl)cc1NC(=O)CCC. The molecule has 0 atom stereocenters. The van der Waals surface area contributed by atoms with Gasteiger partial charge in [0.25, 0.3) is 0 Å². The number of hydrogen-bond acceptors (Lipinski definition) is 2. The number of ether oxygens (including phenoxy) is 1. The van der Waals surface area contributed by atoms with Gasteiger partial charge in [-0.1, -0.05) is 25.4 Å². The van der Waals surface area contributed by atoms with Crippen molar-refractivity contribution in [2.75, 3.05) is 11.9 Å². The van der Waals surface area contributed by atoms with Gasteiger partial charge in [-0.2, -0.15) is 0 Å². The molecule has 0 radical (unpaired) electrons. The van der Waals surface area contributed by atoms with Crippen LogP contribution in [0, 0.1) is 0 Å². The first-order valence-corrected chi connectivity index (χ1v) is 6.27. The summed E-state index contributed by atoms with van der Waals surface area (Å²) in [5.74, 6) is 0.650. The molecule has 0 aliphatic carbocycles. The second-order valence-corrected chi connectivity index (χ2v) is 4.22. The van der Waals surface area contributed by atoms with Crippen molar-refractivity contribution in [1.82, 2.24) is 0 Å². The Labute approximate surface area is 107 Å². The van der Waals surface area contributed by atoms with Crippen LogP contribution in [0.4, 0.5) is 5.69 Å². The Hall–Kier alpha value is -1.22. The first-order valence-electron chi connectivity index (χ1n) is 5.89. The Morgan fingerprint density at radius 2 is 2.12 bits per heavy atom. The third-order valence-electron chi connectivity index (χ3n) is 2.15. The molecule has 0 bridgehead atoms. The first kappa shape index (κ1) is 13.8. The van der Waals surface area contributed by atoms with Gasteiger partial charge in [-0.15, -0.1) is 0 Å². The van der Waals surface area contributed by atoms with Gasteiger partial charge in [-0.25, -0.2) is 0 Å². The number of carbonyl (C=O) groups is 1. The highest BCUT2D eigenvalue weighted by atomic mass is 35.5. The minimum atomic E-state index is -0.0175. The molecule has 0 saturated carbocycles. The zero-order valence-corrected chi connectivity index (χ0v) is 11.0. The lowest BCUT2D eigenvalue weighted by Gasteiger charge is -2.12. The molecule has 1 aromatic rings. The van der Waals surface area contributed by atoms with Crippen molar-refractivity contribution in [1.29, 1.82) is 0 Å². The predicted molar refractivity (Wildman–Crippen MR) is 70.8 cm³/mol. The van der Waals surface area contributed by atoms with E-state index in [9.17, 15) is 4.79 Å². The molecule has 3 nitrogen and oxygen atoms in total. The molecule has 1 amide bonds. The van der Waals surface area contributed by atoms with Gasteiger partial charge in [-0.05, 0) is 31.0 Å². The van der Waals surface area contributed by atoms with Crippen molar-refractivity contribution in [2.24, 2.45) is 0 Å². The van der Waals surface area contributed by atoms with Crippen LogP contribution < -0.4 is 10.1 Å². The zero-order valence-electron chi connectivity index (χ0n) is 10.3. The highest BCUT2D eigenvalue weighted by Gasteiger charge is 2.08. The van der Waals surface area contributed by atoms with Gasteiger partial charge in [0.05, 0.1) is 12.3 Å².